The van der Waals surface area contributed by atoms with Gasteiger partial charge in [0.1, 0.15) is 0 Å². The number of halogens is 3. The number of benzene rings is 1. The number of Topliss-reactive ketones (excluding diaryl/α,β-unsaturated/α-hetero) is 1. The summed E-state index contributed by atoms with van der Waals surface area (Å²) >= 11 is 0. The Morgan fingerprint density at radius 3 is 2.10 bits per heavy atom. The van der Waals surface area contributed by atoms with Crippen molar-refractivity contribution in [1.29, 1.82) is 0 Å². The van der Waals surface area contributed by atoms with E-state index in [4.69, 9.17) is 5.73 Å². The van der Waals surface area contributed by atoms with Crippen molar-refractivity contribution in [3.05, 3.63) is 29.8 Å². The summed E-state index contributed by atoms with van der Waals surface area (Å²) in [5.41, 5.74) is 6.79. The SMILES string of the molecule is Nc1ccc(C(=O)CCCCCCCC(F)(F)F)cc1. The summed E-state index contributed by atoms with van der Waals surface area (Å²) in [6.07, 6.45) is -1.34. The van der Waals surface area contributed by atoms with Gasteiger partial charge < -0.3 is 5.73 Å². The van der Waals surface area contributed by atoms with E-state index < -0.39 is 12.6 Å². The number of carbonyl (C=O) groups excluding carboxylic acids is 1. The molecule has 0 aliphatic carbocycles. The van der Waals surface area contributed by atoms with E-state index in [-0.39, 0.29) is 12.2 Å². The van der Waals surface area contributed by atoms with Crippen LogP contribution in [0.4, 0.5) is 18.9 Å². The van der Waals surface area contributed by atoms with Crippen LogP contribution in [-0.2, 0) is 0 Å². The van der Waals surface area contributed by atoms with Crippen molar-refractivity contribution in [1.82, 2.24) is 0 Å². The lowest BCUT2D eigenvalue weighted by Gasteiger charge is -2.05. The number of rotatable bonds is 8. The van der Waals surface area contributed by atoms with E-state index >= 15 is 0 Å². The highest BCUT2D eigenvalue weighted by Gasteiger charge is 2.25. The van der Waals surface area contributed by atoms with Crippen LogP contribution in [0.15, 0.2) is 24.3 Å². The topological polar surface area (TPSA) is 43.1 Å². The minimum absolute atomic E-state index is 0.0558. The molecule has 20 heavy (non-hydrogen) atoms. The fourth-order valence-electron chi connectivity index (χ4n) is 1.95. The Balaban J connectivity index is 2.09. The van der Waals surface area contributed by atoms with Crippen LogP contribution < -0.4 is 5.73 Å². The van der Waals surface area contributed by atoms with Crippen LogP contribution in [-0.4, -0.2) is 12.0 Å². The van der Waals surface area contributed by atoms with Gasteiger partial charge in [-0.2, -0.15) is 13.2 Å². The Labute approximate surface area is 117 Å². The van der Waals surface area contributed by atoms with Gasteiger partial charge in [0, 0.05) is 24.1 Å². The number of anilines is 1. The predicted octanol–water partition coefficient (Wildman–Crippen LogP) is 4.74. The van der Waals surface area contributed by atoms with Crippen LogP contribution in [0.25, 0.3) is 0 Å². The molecule has 1 aromatic carbocycles. The van der Waals surface area contributed by atoms with Crippen LogP contribution in [0.5, 0.6) is 0 Å². The molecule has 0 atom stereocenters. The fraction of sp³-hybridized carbons (Fsp3) is 0.533. The van der Waals surface area contributed by atoms with E-state index in [1.807, 2.05) is 0 Å². The fourth-order valence-corrected chi connectivity index (χ4v) is 1.95. The summed E-state index contributed by atoms with van der Waals surface area (Å²) in [5.74, 6) is 0.0558. The first-order chi connectivity index (χ1) is 9.38. The Morgan fingerprint density at radius 1 is 0.950 bits per heavy atom. The van der Waals surface area contributed by atoms with Gasteiger partial charge in [0.25, 0.3) is 0 Å². The molecule has 0 bridgehead atoms. The quantitative estimate of drug-likeness (QED) is 0.426. The highest BCUT2D eigenvalue weighted by molar-refractivity contribution is 5.96. The second kappa shape index (κ2) is 7.92. The maximum atomic E-state index is 11.9. The molecule has 0 aliphatic heterocycles. The average molecular weight is 287 g/mol. The minimum Gasteiger partial charge on any atom is -0.399 e. The van der Waals surface area contributed by atoms with Crippen molar-refractivity contribution >= 4 is 11.5 Å². The Morgan fingerprint density at radius 2 is 1.50 bits per heavy atom. The number of carbonyl (C=O) groups is 1. The van der Waals surface area contributed by atoms with Gasteiger partial charge in [-0.15, -0.1) is 0 Å². The molecule has 0 unspecified atom stereocenters. The molecule has 0 heterocycles. The predicted molar refractivity (Wildman–Crippen MR) is 73.6 cm³/mol. The van der Waals surface area contributed by atoms with Gasteiger partial charge in [-0.05, 0) is 37.1 Å². The molecule has 1 aromatic rings. The Kier molecular flexibility index (Phi) is 6.55. The highest BCUT2D eigenvalue weighted by atomic mass is 19.4. The molecule has 1 rings (SSSR count). The highest BCUT2D eigenvalue weighted by Crippen LogP contribution is 2.23. The van der Waals surface area contributed by atoms with Gasteiger partial charge in [-0.1, -0.05) is 19.3 Å². The molecule has 0 saturated carbocycles. The van der Waals surface area contributed by atoms with Gasteiger partial charge in [0.15, 0.2) is 5.78 Å². The van der Waals surface area contributed by atoms with E-state index in [0.29, 0.717) is 24.1 Å². The molecular formula is C15H20F3NO. The second-order valence-electron chi connectivity index (χ2n) is 4.93. The molecule has 0 fully saturated rings. The Bertz CT molecular complexity index is 412. The number of alkyl halides is 3. The second-order valence-corrected chi connectivity index (χ2v) is 4.93. The van der Waals surface area contributed by atoms with E-state index in [1.54, 1.807) is 24.3 Å². The third-order valence-corrected chi connectivity index (χ3v) is 3.10. The summed E-state index contributed by atoms with van der Waals surface area (Å²) in [7, 11) is 0. The molecule has 0 amide bonds. The lowest BCUT2D eigenvalue weighted by molar-refractivity contribution is -0.135. The van der Waals surface area contributed by atoms with E-state index in [1.165, 1.54) is 0 Å². The standard InChI is InChI=1S/C15H20F3NO/c16-15(17,18)11-5-3-1-2-4-6-14(20)12-7-9-13(19)10-8-12/h7-10H,1-6,11,19H2. The lowest BCUT2D eigenvalue weighted by atomic mass is 10.0. The average Bonchev–Trinajstić information content (AvgIpc) is 2.37. The summed E-state index contributed by atoms with van der Waals surface area (Å²) in [5, 5.41) is 0. The summed E-state index contributed by atoms with van der Waals surface area (Å²) in [6, 6.07) is 6.76. The van der Waals surface area contributed by atoms with Gasteiger partial charge in [-0.25, -0.2) is 0 Å². The molecule has 112 valence electrons. The first-order valence-corrected chi connectivity index (χ1v) is 6.84. The lowest BCUT2D eigenvalue weighted by Crippen LogP contribution is -2.06. The van der Waals surface area contributed by atoms with Crippen molar-refractivity contribution in [3.63, 3.8) is 0 Å². The zero-order chi connectivity index (χ0) is 15.0. The van der Waals surface area contributed by atoms with Gasteiger partial charge in [0.05, 0.1) is 0 Å². The maximum Gasteiger partial charge on any atom is 0.389 e. The monoisotopic (exact) mass is 287 g/mol. The van der Waals surface area contributed by atoms with Crippen LogP contribution >= 0.6 is 0 Å². The summed E-state index contributed by atoms with van der Waals surface area (Å²) < 4.78 is 35.7. The molecule has 0 saturated heterocycles. The summed E-state index contributed by atoms with van der Waals surface area (Å²) in [4.78, 5) is 11.8. The Hall–Kier alpha value is -1.52. The molecule has 2 N–H and O–H groups in total. The molecule has 0 radical (unpaired) electrons. The maximum absolute atomic E-state index is 11.9. The molecule has 2 nitrogen and oxygen atoms in total. The van der Waals surface area contributed by atoms with Gasteiger partial charge in [-0.3, -0.25) is 4.79 Å². The number of ketones is 1. The van der Waals surface area contributed by atoms with Crippen molar-refractivity contribution in [2.24, 2.45) is 0 Å². The van der Waals surface area contributed by atoms with Crippen molar-refractivity contribution < 1.29 is 18.0 Å². The zero-order valence-electron chi connectivity index (χ0n) is 11.4. The molecule has 0 aliphatic rings. The number of nitrogens with two attached hydrogens (primary N) is 1. The molecule has 0 spiro atoms. The van der Waals surface area contributed by atoms with Crippen molar-refractivity contribution in [3.8, 4) is 0 Å². The number of hydrogen-bond donors (Lipinski definition) is 1. The van der Waals surface area contributed by atoms with Crippen molar-refractivity contribution in [2.45, 2.75) is 51.1 Å². The van der Waals surface area contributed by atoms with Gasteiger partial charge >= 0.3 is 6.18 Å². The normalized spacial score (nSPS) is 11.6. The molecular weight excluding hydrogens is 267 g/mol. The third kappa shape index (κ3) is 7.16. The minimum atomic E-state index is -4.05. The third-order valence-electron chi connectivity index (χ3n) is 3.10. The van der Waals surface area contributed by atoms with Crippen LogP contribution in [0, 0.1) is 0 Å². The van der Waals surface area contributed by atoms with E-state index in [0.717, 1.165) is 19.3 Å². The molecule has 5 heteroatoms. The smallest absolute Gasteiger partial charge is 0.389 e. The zero-order valence-corrected chi connectivity index (χ0v) is 11.4. The number of nitrogen functional groups attached to an aromatic ring is 1. The first-order valence-electron chi connectivity index (χ1n) is 6.84. The van der Waals surface area contributed by atoms with Gasteiger partial charge in [0.2, 0.25) is 0 Å². The van der Waals surface area contributed by atoms with Crippen molar-refractivity contribution in [2.75, 3.05) is 5.73 Å². The summed E-state index contributed by atoms with van der Waals surface area (Å²) in [6.45, 7) is 0. The number of unbranched alkanes of at least 4 members (excludes halogenated alkanes) is 4. The largest absolute Gasteiger partial charge is 0.399 e. The number of hydrogen-bond acceptors (Lipinski definition) is 2. The molecule has 0 aromatic heterocycles. The van der Waals surface area contributed by atoms with E-state index in [9.17, 15) is 18.0 Å². The van der Waals surface area contributed by atoms with Crippen LogP contribution in [0.1, 0.15) is 55.3 Å². The van der Waals surface area contributed by atoms with E-state index in [2.05, 4.69) is 0 Å². The van der Waals surface area contributed by atoms with Crippen LogP contribution in [0.2, 0.25) is 0 Å². The van der Waals surface area contributed by atoms with Crippen LogP contribution in [0.3, 0.4) is 0 Å². The first kappa shape index (κ1) is 16.5.